The molecule has 5 rings (SSSR count). The number of hydrogen-bond donors (Lipinski definition) is 1. The number of thioether (sulfide) groups is 1. The number of amides is 3. The fourth-order valence-electron chi connectivity index (χ4n) is 8.05. The van der Waals surface area contributed by atoms with Crippen LogP contribution in [-0.4, -0.2) is 95.8 Å². The van der Waals surface area contributed by atoms with E-state index in [2.05, 4.69) is 5.32 Å². The number of benzene rings is 2. The van der Waals surface area contributed by atoms with Crippen LogP contribution in [-0.2, 0) is 51.1 Å². The van der Waals surface area contributed by atoms with Crippen LogP contribution in [0.1, 0.15) is 81.8 Å². The van der Waals surface area contributed by atoms with E-state index in [-0.39, 0.29) is 48.3 Å². The van der Waals surface area contributed by atoms with Crippen molar-refractivity contribution in [2.45, 2.75) is 101 Å². The fourth-order valence-corrected chi connectivity index (χ4v) is 9.49. The molecule has 0 unspecified atom stereocenters. The molecule has 1 N–H and O–H groups in total. The van der Waals surface area contributed by atoms with Gasteiger partial charge in [-0.2, -0.15) is 0 Å². The number of ketones is 1. The lowest BCUT2D eigenvalue weighted by Gasteiger charge is -2.40. The van der Waals surface area contributed by atoms with Crippen molar-refractivity contribution in [3.63, 3.8) is 0 Å². The maximum atomic E-state index is 14.4. The SMILES string of the molecule is COC(=O)CCN1CCCC[C@H](NC(=O)[C@H](CC[C@H](Cc2ccccc2)C(=O)C[C@H]2CCS[C@H]3CCC[C@@H](C(=O)OC)N3C2=O)Cc2ccccc2)C1=O. The van der Waals surface area contributed by atoms with Crippen molar-refractivity contribution in [3.05, 3.63) is 71.8 Å². The summed E-state index contributed by atoms with van der Waals surface area (Å²) >= 11 is 1.68. The van der Waals surface area contributed by atoms with Crippen molar-refractivity contribution in [1.82, 2.24) is 15.1 Å². The topological polar surface area (TPSA) is 139 Å². The molecule has 0 aromatic heterocycles. The second-order valence-electron chi connectivity index (χ2n) is 14.8. The fraction of sp³-hybridized carbons (Fsp3) is 0.571. The predicted molar refractivity (Wildman–Crippen MR) is 206 cm³/mol. The number of nitrogens with one attached hydrogen (secondary N) is 1. The summed E-state index contributed by atoms with van der Waals surface area (Å²) in [7, 11) is 2.67. The van der Waals surface area contributed by atoms with Crippen LogP contribution in [0, 0.1) is 17.8 Å². The van der Waals surface area contributed by atoms with Gasteiger partial charge in [-0.3, -0.25) is 24.0 Å². The van der Waals surface area contributed by atoms with Crippen molar-refractivity contribution < 1.29 is 38.2 Å². The lowest BCUT2D eigenvalue weighted by atomic mass is 9.82. The Morgan fingerprint density at radius 2 is 1.46 bits per heavy atom. The highest BCUT2D eigenvalue weighted by atomic mass is 32.2. The Labute approximate surface area is 323 Å². The molecule has 0 aliphatic carbocycles. The van der Waals surface area contributed by atoms with Gasteiger partial charge in [0.05, 0.1) is 26.0 Å². The van der Waals surface area contributed by atoms with Gasteiger partial charge in [0, 0.05) is 37.3 Å². The minimum atomic E-state index is -0.704. The molecular weight excluding hydrogens is 707 g/mol. The van der Waals surface area contributed by atoms with Crippen LogP contribution in [0.15, 0.2) is 60.7 Å². The van der Waals surface area contributed by atoms with Crippen molar-refractivity contribution in [2.24, 2.45) is 17.8 Å². The van der Waals surface area contributed by atoms with Crippen molar-refractivity contribution in [1.29, 1.82) is 0 Å². The van der Waals surface area contributed by atoms with Crippen molar-refractivity contribution >= 4 is 47.2 Å². The molecule has 0 bridgehead atoms. The molecule has 3 heterocycles. The predicted octanol–water partition coefficient (Wildman–Crippen LogP) is 5.14. The minimum absolute atomic E-state index is 0.0219. The first kappa shape index (κ1) is 41.0. The van der Waals surface area contributed by atoms with Crippen LogP contribution in [0.25, 0.3) is 0 Å². The first-order chi connectivity index (χ1) is 26.2. The van der Waals surface area contributed by atoms with E-state index in [9.17, 15) is 28.8 Å². The Kier molecular flexibility index (Phi) is 15.5. The van der Waals surface area contributed by atoms with E-state index < -0.39 is 41.8 Å². The number of ether oxygens (including phenoxy) is 2. The van der Waals surface area contributed by atoms with Crippen LogP contribution in [0.3, 0.4) is 0 Å². The smallest absolute Gasteiger partial charge is 0.328 e. The average molecular weight is 762 g/mol. The van der Waals surface area contributed by atoms with Gasteiger partial charge < -0.3 is 24.6 Å². The second-order valence-corrected chi connectivity index (χ2v) is 16.0. The van der Waals surface area contributed by atoms with Gasteiger partial charge in [0.15, 0.2) is 0 Å². The van der Waals surface area contributed by atoms with E-state index in [0.29, 0.717) is 51.5 Å². The van der Waals surface area contributed by atoms with Gasteiger partial charge in [-0.1, -0.05) is 60.7 Å². The van der Waals surface area contributed by atoms with E-state index in [1.54, 1.807) is 21.6 Å². The van der Waals surface area contributed by atoms with Gasteiger partial charge in [0.25, 0.3) is 0 Å². The molecule has 3 fully saturated rings. The lowest BCUT2D eigenvalue weighted by Crippen LogP contribution is -2.53. The van der Waals surface area contributed by atoms with E-state index >= 15 is 0 Å². The summed E-state index contributed by atoms with van der Waals surface area (Å²) < 4.78 is 9.85. The first-order valence-corrected chi connectivity index (χ1v) is 20.5. The first-order valence-electron chi connectivity index (χ1n) is 19.5. The van der Waals surface area contributed by atoms with Gasteiger partial charge in [-0.05, 0) is 87.5 Å². The molecular formula is C42H55N3O8S. The summed E-state index contributed by atoms with van der Waals surface area (Å²) in [6.45, 7) is 0.751. The number of likely N-dealkylation sites (tertiary alicyclic amines) is 1. The highest BCUT2D eigenvalue weighted by molar-refractivity contribution is 7.99. The number of carbonyl (C=O) groups excluding carboxylic acids is 6. The Morgan fingerprint density at radius 1 is 0.796 bits per heavy atom. The van der Waals surface area contributed by atoms with E-state index in [4.69, 9.17) is 9.47 Å². The molecule has 54 heavy (non-hydrogen) atoms. The zero-order chi connectivity index (χ0) is 38.5. The summed E-state index contributed by atoms with van der Waals surface area (Å²) in [5.74, 6) is -2.17. The third-order valence-electron chi connectivity index (χ3n) is 11.1. The Bertz CT molecular complexity index is 1590. The molecule has 2 aromatic carbocycles. The maximum Gasteiger partial charge on any atom is 0.328 e. The van der Waals surface area contributed by atoms with E-state index in [1.165, 1.54) is 14.2 Å². The Morgan fingerprint density at radius 3 is 2.13 bits per heavy atom. The zero-order valence-electron chi connectivity index (χ0n) is 31.6. The molecule has 0 radical (unpaired) electrons. The number of nitrogens with zero attached hydrogens (tertiary/aromatic N) is 2. The molecule has 3 aliphatic heterocycles. The third-order valence-corrected chi connectivity index (χ3v) is 12.4. The minimum Gasteiger partial charge on any atom is -0.469 e. The van der Waals surface area contributed by atoms with Gasteiger partial charge in [0.1, 0.15) is 17.9 Å². The molecule has 6 atom stereocenters. The average Bonchev–Trinajstić information content (AvgIpc) is 3.47. The highest BCUT2D eigenvalue weighted by Crippen LogP contribution is 2.38. The van der Waals surface area contributed by atoms with Crippen LogP contribution >= 0.6 is 11.8 Å². The Balaban J connectivity index is 1.33. The van der Waals surface area contributed by atoms with Gasteiger partial charge in [-0.25, -0.2) is 4.79 Å². The summed E-state index contributed by atoms with van der Waals surface area (Å²) in [5.41, 5.74) is 1.98. The third kappa shape index (κ3) is 11.2. The Hall–Kier alpha value is -4.19. The normalized spacial score (nSPS) is 22.9. The van der Waals surface area contributed by atoms with Gasteiger partial charge >= 0.3 is 11.9 Å². The van der Waals surface area contributed by atoms with Crippen molar-refractivity contribution in [2.75, 3.05) is 33.1 Å². The molecule has 12 heteroatoms. The summed E-state index contributed by atoms with van der Waals surface area (Å²) in [4.78, 5) is 84.1. The van der Waals surface area contributed by atoms with Gasteiger partial charge in [0.2, 0.25) is 17.7 Å². The summed E-state index contributed by atoms with van der Waals surface area (Å²) in [6.07, 6.45) is 6.71. The molecule has 2 aromatic rings. The van der Waals surface area contributed by atoms with Crippen LogP contribution in [0.2, 0.25) is 0 Å². The number of Topliss-reactive ketones (excluding diaryl/α,β-unsaturated/α-hetero) is 1. The molecule has 3 saturated heterocycles. The molecule has 0 saturated carbocycles. The standard InChI is InChI=1S/C42H55N3O8S/c1-52-38(47)21-24-44-23-10-9-16-34(41(44)50)43-39(48)32(27-30-14-7-4-8-15-30)20-19-31(26-29-12-5-3-6-13-29)36(46)28-33-22-25-54-37-18-11-17-35(42(51)53-2)45(37)40(33)49/h3-8,12-15,31-35,37H,9-11,16-28H2,1-2H3,(H,43,48)/t31-,32-,33-,34+,35+,37+/m1/s1. The molecule has 0 spiro atoms. The number of methoxy groups -OCH3 is 2. The molecule has 3 aliphatic rings. The number of carbonyl (C=O) groups is 6. The van der Waals surface area contributed by atoms with Crippen LogP contribution in [0.4, 0.5) is 0 Å². The van der Waals surface area contributed by atoms with Crippen molar-refractivity contribution in [3.8, 4) is 0 Å². The molecule has 292 valence electrons. The van der Waals surface area contributed by atoms with E-state index in [0.717, 1.165) is 42.6 Å². The largest absolute Gasteiger partial charge is 0.469 e. The molecule has 3 amide bonds. The summed E-state index contributed by atoms with van der Waals surface area (Å²) in [5, 5.41) is 2.96. The number of hydrogen-bond acceptors (Lipinski definition) is 9. The van der Waals surface area contributed by atoms with Crippen LogP contribution in [0.5, 0.6) is 0 Å². The zero-order valence-corrected chi connectivity index (χ0v) is 32.4. The number of fused-ring (bicyclic) bond motifs is 1. The summed E-state index contributed by atoms with van der Waals surface area (Å²) in [6, 6.07) is 18.2. The highest BCUT2D eigenvalue weighted by Gasteiger charge is 2.44. The van der Waals surface area contributed by atoms with Crippen LogP contribution < -0.4 is 5.32 Å². The number of esters is 2. The maximum absolute atomic E-state index is 14.4. The second kappa shape index (κ2) is 20.5. The lowest BCUT2D eigenvalue weighted by molar-refractivity contribution is -0.157. The van der Waals surface area contributed by atoms with E-state index in [1.807, 2.05) is 60.7 Å². The monoisotopic (exact) mass is 761 g/mol. The number of piperidine rings is 1. The number of rotatable bonds is 16. The quantitative estimate of drug-likeness (QED) is 0.231. The van der Waals surface area contributed by atoms with Gasteiger partial charge in [-0.15, -0.1) is 11.8 Å². The molecule has 11 nitrogen and oxygen atoms in total.